The van der Waals surface area contributed by atoms with Gasteiger partial charge in [0.25, 0.3) is 29.1 Å². The summed E-state index contributed by atoms with van der Waals surface area (Å²) in [6, 6.07) is 77.9. The number of nitrogens with one attached hydrogen (secondary N) is 1. The number of aryl methyl sites for hydroxylation is 6. The first-order valence-corrected chi connectivity index (χ1v) is 35.9. The van der Waals surface area contributed by atoms with Gasteiger partial charge in [0.1, 0.15) is 5.78 Å². The molecule has 0 bridgehead atoms. The van der Waals surface area contributed by atoms with Crippen molar-refractivity contribution in [1.29, 1.82) is 0 Å². The van der Waals surface area contributed by atoms with Gasteiger partial charge in [-0.25, -0.2) is 25.3 Å². The smallest absolute Gasteiger partial charge is 0.264 e. The number of alkyl halides is 3. The molecular weight excluding hydrogens is 1330 g/mol. The molecule has 0 aromatic heterocycles. The number of carbonyl (C=O) groups is 2. The first-order chi connectivity index (χ1) is 43.3. The zero-order valence-electron chi connectivity index (χ0n) is 51.3. The predicted molar refractivity (Wildman–Crippen MR) is 381 cm³/mol. The molecule has 0 unspecified atom stereocenters. The molecular formula is C73H73BrCl3N3O8S3. The fraction of sp³-hybridized carbons (Fsp3) is 0.151. The predicted octanol–water partition coefficient (Wildman–Crippen LogP) is 17.9. The lowest BCUT2D eigenvalue weighted by Crippen LogP contribution is -2.36. The van der Waals surface area contributed by atoms with Gasteiger partial charge in [0.05, 0.1) is 37.6 Å². The second kappa shape index (κ2) is 36.9. The molecule has 0 amide bonds. The molecule has 10 aromatic carbocycles. The van der Waals surface area contributed by atoms with Crippen LogP contribution in [0.15, 0.2) is 269 Å². The van der Waals surface area contributed by atoms with Gasteiger partial charge in [-0.1, -0.05) is 231 Å². The molecule has 18 heteroatoms. The van der Waals surface area contributed by atoms with Crippen molar-refractivity contribution in [2.45, 2.75) is 69.1 Å². The van der Waals surface area contributed by atoms with Gasteiger partial charge in [0, 0.05) is 34.9 Å². The average molecular weight is 1400 g/mol. The van der Waals surface area contributed by atoms with E-state index in [1.54, 1.807) is 84.9 Å². The molecule has 0 saturated heterocycles. The Hall–Kier alpha value is -7.86. The maximum absolute atomic E-state index is 13.6. The van der Waals surface area contributed by atoms with Crippen molar-refractivity contribution in [3.8, 4) is 22.3 Å². The Morgan fingerprint density at radius 2 is 0.758 bits per heavy atom. The van der Waals surface area contributed by atoms with Gasteiger partial charge in [-0.05, 0) is 148 Å². The van der Waals surface area contributed by atoms with Crippen molar-refractivity contribution in [2.75, 3.05) is 32.0 Å². The van der Waals surface area contributed by atoms with Crippen LogP contribution >= 0.6 is 49.8 Å². The Bertz CT molecular complexity index is 4210. The molecule has 10 aromatic rings. The molecule has 91 heavy (non-hydrogen) atoms. The summed E-state index contributed by atoms with van der Waals surface area (Å²) < 4.78 is 76.5. The van der Waals surface area contributed by atoms with Crippen molar-refractivity contribution >= 4 is 108 Å². The molecule has 0 aliphatic heterocycles. The van der Waals surface area contributed by atoms with Gasteiger partial charge in [-0.2, -0.15) is 0 Å². The van der Waals surface area contributed by atoms with E-state index in [2.05, 4.69) is 38.9 Å². The number of nitrogens with zero attached hydrogens (tertiary/aromatic N) is 1. The fourth-order valence-electron chi connectivity index (χ4n) is 8.52. The summed E-state index contributed by atoms with van der Waals surface area (Å²) in [6.45, 7) is 11.4. The van der Waals surface area contributed by atoms with Crippen LogP contribution in [0.3, 0.4) is 0 Å². The molecule has 474 valence electrons. The van der Waals surface area contributed by atoms with Crippen molar-refractivity contribution in [3.63, 3.8) is 0 Å². The number of benzene rings is 10. The van der Waals surface area contributed by atoms with Crippen LogP contribution in [0.5, 0.6) is 0 Å². The summed E-state index contributed by atoms with van der Waals surface area (Å²) in [7, 11) is -5.88. The van der Waals surface area contributed by atoms with Gasteiger partial charge in [0.2, 0.25) is 0 Å². The van der Waals surface area contributed by atoms with E-state index in [1.807, 2.05) is 181 Å². The van der Waals surface area contributed by atoms with Gasteiger partial charge >= 0.3 is 0 Å². The molecule has 0 spiro atoms. The van der Waals surface area contributed by atoms with E-state index in [-0.39, 0.29) is 44.6 Å². The lowest BCUT2D eigenvalue weighted by Gasteiger charge is -2.24. The van der Waals surface area contributed by atoms with Crippen LogP contribution in [0, 0.1) is 41.5 Å². The van der Waals surface area contributed by atoms with Crippen LogP contribution in [0.2, 0.25) is 0 Å². The van der Waals surface area contributed by atoms with E-state index >= 15 is 0 Å². The number of nitrogens with two attached hydrogens (primary N) is 1. The maximum atomic E-state index is 13.6. The molecule has 0 radical (unpaired) electrons. The summed E-state index contributed by atoms with van der Waals surface area (Å²) >= 11 is 12.7. The quantitative estimate of drug-likeness (QED) is 0.0541. The Labute approximate surface area is 560 Å². The number of nitrogen functional groups attached to an aromatic ring is 1. The second-order valence-electron chi connectivity index (χ2n) is 20.8. The van der Waals surface area contributed by atoms with E-state index in [0.717, 1.165) is 66.9 Å². The first kappa shape index (κ1) is 73.9. The molecule has 3 N–H and O–H groups in total. The third kappa shape index (κ3) is 25.0. The average Bonchev–Trinajstić information content (AvgIpc) is 1.13. The lowest BCUT2D eigenvalue weighted by molar-refractivity contribution is -0.117. The monoisotopic (exact) mass is 1400 g/mol. The van der Waals surface area contributed by atoms with Crippen molar-refractivity contribution in [3.05, 3.63) is 299 Å². The van der Waals surface area contributed by atoms with E-state index < -0.39 is 29.1 Å². The van der Waals surface area contributed by atoms with E-state index in [4.69, 9.17) is 39.6 Å². The van der Waals surface area contributed by atoms with E-state index in [0.29, 0.717) is 23.1 Å². The topological polar surface area (TPSA) is 178 Å². The number of anilines is 3. The number of hydrogen-bond acceptors (Lipinski definition) is 9. The van der Waals surface area contributed by atoms with Crippen LogP contribution in [0.4, 0.5) is 17.1 Å². The zero-order chi connectivity index (χ0) is 66.6. The Morgan fingerprint density at radius 3 is 1.14 bits per heavy atom. The number of Topliss-reactive ketones (excluding diaryl/α,β-unsaturated/α-hetero) is 2. The fourth-order valence-corrected chi connectivity index (χ4v) is 12.0. The summed E-state index contributed by atoms with van der Waals surface area (Å²) in [5, 5.41) is 0.607. The van der Waals surface area contributed by atoms with Gasteiger partial charge in [0.15, 0.2) is 5.78 Å². The van der Waals surface area contributed by atoms with Crippen LogP contribution in [0.1, 0.15) is 44.5 Å². The van der Waals surface area contributed by atoms with Crippen molar-refractivity contribution < 1.29 is 34.8 Å². The van der Waals surface area contributed by atoms with Crippen LogP contribution in [-0.4, -0.2) is 54.0 Å². The molecule has 11 nitrogen and oxygen atoms in total. The van der Waals surface area contributed by atoms with Crippen LogP contribution < -0.4 is 14.8 Å². The maximum Gasteiger partial charge on any atom is 0.264 e. The molecule has 0 atom stereocenters. The Morgan fingerprint density at radius 1 is 0.429 bits per heavy atom. The number of rotatable bonds is 16. The standard InChI is InChI=1S/C29H27NO3S.C15H13BrO.C14H15NO2S.C7H7ClO2S.C7H9N.CH2Cl2/c1-22-12-16-26(17-13-22)30(34(32,33)28-18-14-23(2)15-19-28)21-27(31)20-25-10-6-7-11-29(25)24-8-4-3-5-9-24;16-11-14(17)10-13-8-4-5-9-15(13)12-6-2-1-3-7-12;1-11-3-7-13(8-4-11)15-18(16,17)14-9-5-12(2)6-10-14;1-6-2-4-7(5-3-6)11(8,9)10;1-6-2-4-7(8)5-3-6;2-1-3/h3-19H,20-21H2,1-2H3;1-9H,10-11H2;3-10,15H,1-2H3;2-5H,1H3;2-5H,8H2,1H3;1H2. The highest BCUT2D eigenvalue weighted by Crippen LogP contribution is 2.28. The molecule has 10 rings (SSSR count). The largest absolute Gasteiger partial charge is 0.399 e. The second-order valence-corrected chi connectivity index (χ2v) is 28.3. The van der Waals surface area contributed by atoms with E-state index in [9.17, 15) is 34.8 Å². The van der Waals surface area contributed by atoms with Gasteiger partial charge in [-0.15, -0.1) is 23.2 Å². The number of halogens is 4. The number of ketones is 2. The summed E-state index contributed by atoms with van der Waals surface area (Å²) in [5.41, 5.74) is 19.9. The van der Waals surface area contributed by atoms with Crippen LogP contribution in [-0.2, 0) is 51.5 Å². The number of carbonyl (C=O) groups excluding carboxylic acids is 2. The highest BCUT2D eigenvalue weighted by Gasteiger charge is 2.28. The van der Waals surface area contributed by atoms with Gasteiger partial charge < -0.3 is 5.73 Å². The first-order valence-electron chi connectivity index (χ1n) is 28.5. The Kier molecular flexibility index (Phi) is 29.9. The van der Waals surface area contributed by atoms with Crippen molar-refractivity contribution in [2.24, 2.45) is 0 Å². The normalized spacial score (nSPS) is 10.7. The molecule has 0 saturated carbocycles. The SMILES string of the molecule is Cc1ccc(N(CC(=O)Cc2ccccc2-c2ccccc2)S(=O)(=O)c2ccc(C)cc2)cc1.Cc1ccc(N)cc1.Cc1ccc(NS(=O)(=O)c2ccc(C)cc2)cc1.Cc1ccc(S(=O)(=O)Cl)cc1.ClCCl.O=C(CBr)Cc1ccccc1-c1ccccc1. The molecule has 0 aliphatic carbocycles. The molecule has 0 heterocycles. The minimum atomic E-state index is -3.92. The lowest BCUT2D eigenvalue weighted by atomic mass is 9.96. The number of sulfonamides is 2. The molecule has 0 fully saturated rings. The highest BCUT2D eigenvalue weighted by molar-refractivity contribution is 9.09. The van der Waals surface area contributed by atoms with Crippen LogP contribution in [0.25, 0.3) is 22.3 Å². The van der Waals surface area contributed by atoms with E-state index in [1.165, 1.54) is 22.0 Å². The highest BCUT2D eigenvalue weighted by atomic mass is 79.9. The summed E-state index contributed by atoms with van der Waals surface area (Å²) in [6.07, 6.45) is 0.618. The Balaban J connectivity index is 0.000000223. The number of hydrogen-bond donors (Lipinski definition) is 2. The minimum absolute atomic E-state index is 0.136. The summed E-state index contributed by atoms with van der Waals surface area (Å²) in [5.74, 6) is 0.0213. The third-order valence-electron chi connectivity index (χ3n) is 13.4. The van der Waals surface area contributed by atoms with Crippen molar-refractivity contribution in [1.82, 2.24) is 0 Å². The molecule has 0 aliphatic rings. The minimum Gasteiger partial charge on any atom is -0.399 e. The summed E-state index contributed by atoms with van der Waals surface area (Å²) in [4.78, 5) is 25.4. The third-order valence-corrected chi connectivity index (χ3v) is 18.6. The zero-order valence-corrected chi connectivity index (χ0v) is 57.6. The van der Waals surface area contributed by atoms with Gasteiger partial charge in [-0.3, -0.25) is 18.6 Å².